The van der Waals surface area contributed by atoms with Crippen LogP contribution in [0.1, 0.15) is 25.0 Å². The molecule has 0 atom stereocenters. The molecule has 98 valence electrons. The van der Waals surface area contributed by atoms with Crippen LogP contribution in [0.5, 0.6) is 0 Å². The first-order valence-corrected chi connectivity index (χ1v) is 5.37. The Morgan fingerprint density at radius 3 is 2.61 bits per heavy atom. The zero-order valence-electron chi connectivity index (χ0n) is 10.0. The third kappa shape index (κ3) is 3.91. The Kier molecular flexibility index (Phi) is 4.53. The van der Waals surface area contributed by atoms with Crippen LogP contribution < -0.4 is 0 Å². The first-order valence-electron chi connectivity index (χ1n) is 5.37. The minimum Gasteiger partial charge on any atom is -0.463 e. The molecule has 18 heavy (non-hydrogen) atoms. The van der Waals surface area contributed by atoms with Crippen LogP contribution in [0.2, 0.25) is 0 Å². The molecular weight excluding hydrogens is 245 g/mol. The average Bonchev–Trinajstić information content (AvgIpc) is 2.28. The Labute approximate surface area is 103 Å². The van der Waals surface area contributed by atoms with Crippen molar-refractivity contribution < 1.29 is 22.7 Å². The number of rotatable bonds is 3. The van der Waals surface area contributed by atoms with Crippen LogP contribution in [0.25, 0.3) is 5.57 Å². The van der Waals surface area contributed by atoms with Crippen molar-refractivity contribution in [2.45, 2.75) is 20.0 Å². The summed E-state index contributed by atoms with van der Waals surface area (Å²) in [5, 5.41) is 0. The molecule has 0 radical (unpaired) electrons. The van der Waals surface area contributed by atoms with E-state index in [1.165, 1.54) is 18.2 Å². The number of hydrogen-bond donors (Lipinski definition) is 0. The summed E-state index contributed by atoms with van der Waals surface area (Å²) in [6.07, 6.45) is -3.21. The lowest BCUT2D eigenvalue weighted by atomic mass is 10.0. The van der Waals surface area contributed by atoms with Crippen molar-refractivity contribution in [3.63, 3.8) is 0 Å². The van der Waals surface area contributed by atoms with Crippen molar-refractivity contribution in [2.75, 3.05) is 6.61 Å². The third-order valence-corrected chi connectivity index (χ3v) is 2.27. The second-order valence-corrected chi connectivity index (χ2v) is 3.66. The van der Waals surface area contributed by atoms with E-state index in [4.69, 9.17) is 4.74 Å². The van der Waals surface area contributed by atoms with Crippen molar-refractivity contribution in [3.05, 3.63) is 41.5 Å². The van der Waals surface area contributed by atoms with Gasteiger partial charge in [-0.1, -0.05) is 12.1 Å². The van der Waals surface area contributed by atoms with Gasteiger partial charge >= 0.3 is 12.1 Å². The first-order chi connectivity index (χ1) is 8.34. The summed E-state index contributed by atoms with van der Waals surface area (Å²) in [4.78, 5) is 11.2. The van der Waals surface area contributed by atoms with E-state index in [9.17, 15) is 18.0 Å². The predicted octanol–water partition coefficient (Wildman–Crippen LogP) is 3.67. The number of alkyl halides is 3. The molecule has 0 fully saturated rings. The molecule has 0 spiro atoms. The van der Waals surface area contributed by atoms with Gasteiger partial charge in [0.2, 0.25) is 0 Å². The molecule has 2 nitrogen and oxygen atoms in total. The van der Waals surface area contributed by atoms with Crippen LogP contribution in [0.15, 0.2) is 30.3 Å². The Morgan fingerprint density at radius 1 is 1.39 bits per heavy atom. The highest BCUT2D eigenvalue weighted by atomic mass is 19.4. The van der Waals surface area contributed by atoms with Crippen molar-refractivity contribution in [2.24, 2.45) is 0 Å². The second kappa shape index (κ2) is 5.71. The lowest BCUT2D eigenvalue weighted by Crippen LogP contribution is -2.05. The van der Waals surface area contributed by atoms with Gasteiger partial charge in [0.1, 0.15) is 0 Å². The molecule has 5 heteroatoms. The Morgan fingerprint density at radius 2 is 2.06 bits per heavy atom. The normalized spacial score (nSPS) is 12.4. The van der Waals surface area contributed by atoms with Gasteiger partial charge in [0.05, 0.1) is 12.2 Å². The molecule has 0 aliphatic heterocycles. The zero-order chi connectivity index (χ0) is 13.8. The summed E-state index contributed by atoms with van der Waals surface area (Å²) < 4.78 is 42.2. The molecule has 0 saturated carbocycles. The molecule has 1 rings (SSSR count). The molecule has 0 N–H and O–H groups in total. The number of ether oxygens (including phenoxy) is 1. The Hall–Kier alpha value is -1.78. The number of allylic oxidation sites excluding steroid dienone is 1. The average molecular weight is 258 g/mol. The molecule has 0 saturated heterocycles. The van der Waals surface area contributed by atoms with Gasteiger partial charge in [-0.2, -0.15) is 13.2 Å². The van der Waals surface area contributed by atoms with Crippen LogP contribution in [-0.2, 0) is 15.7 Å². The van der Waals surface area contributed by atoms with Gasteiger partial charge in [-0.15, -0.1) is 0 Å². The van der Waals surface area contributed by atoms with Crippen LogP contribution in [0, 0.1) is 0 Å². The second-order valence-electron chi connectivity index (χ2n) is 3.66. The summed E-state index contributed by atoms with van der Waals surface area (Å²) in [5.41, 5.74) is 0.0361. The van der Waals surface area contributed by atoms with E-state index in [2.05, 4.69) is 0 Å². The summed E-state index contributed by atoms with van der Waals surface area (Å²) >= 11 is 0. The largest absolute Gasteiger partial charge is 0.463 e. The monoisotopic (exact) mass is 258 g/mol. The van der Waals surface area contributed by atoms with Crippen molar-refractivity contribution in [3.8, 4) is 0 Å². The van der Waals surface area contributed by atoms with Crippen LogP contribution in [0.4, 0.5) is 13.2 Å². The van der Waals surface area contributed by atoms with Gasteiger partial charge in [-0.05, 0) is 37.1 Å². The van der Waals surface area contributed by atoms with Crippen molar-refractivity contribution in [1.82, 2.24) is 0 Å². The molecular formula is C13H13F3O2. The van der Waals surface area contributed by atoms with Gasteiger partial charge in [0, 0.05) is 6.08 Å². The van der Waals surface area contributed by atoms with Gasteiger partial charge in [0.15, 0.2) is 0 Å². The third-order valence-electron chi connectivity index (χ3n) is 2.27. The standard InChI is InChI=1S/C13H13F3O2/c1-3-18-12(17)7-9(2)10-5-4-6-11(8-10)13(14,15)16/h4-8H,3H2,1-2H3. The van der Waals surface area contributed by atoms with Gasteiger partial charge in [-0.25, -0.2) is 4.79 Å². The van der Waals surface area contributed by atoms with E-state index in [0.717, 1.165) is 12.1 Å². The SMILES string of the molecule is CCOC(=O)C=C(C)c1cccc(C(F)(F)F)c1. The van der Waals surface area contributed by atoms with Crippen LogP contribution in [0.3, 0.4) is 0 Å². The fourth-order valence-electron chi connectivity index (χ4n) is 1.38. The number of esters is 1. The molecule has 1 aromatic rings. The van der Waals surface area contributed by atoms with E-state index in [1.807, 2.05) is 0 Å². The fourth-order valence-corrected chi connectivity index (χ4v) is 1.38. The molecule has 0 bridgehead atoms. The van der Waals surface area contributed by atoms with E-state index in [0.29, 0.717) is 11.1 Å². The van der Waals surface area contributed by atoms with E-state index in [-0.39, 0.29) is 6.61 Å². The highest BCUT2D eigenvalue weighted by molar-refractivity contribution is 5.90. The summed E-state index contributed by atoms with van der Waals surface area (Å²) in [6, 6.07) is 4.81. The van der Waals surface area contributed by atoms with Crippen molar-refractivity contribution in [1.29, 1.82) is 0 Å². The van der Waals surface area contributed by atoms with E-state index < -0.39 is 17.7 Å². The van der Waals surface area contributed by atoms with Gasteiger partial charge in [-0.3, -0.25) is 0 Å². The lowest BCUT2D eigenvalue weighted by Gasteiger charge is -2.08. The molecule has 0 aromatic heterocycles. The minimum absolute atomic E-state index is 0.227. The first kappa shape index (κ1) is 14.3. The van der Waals surface area contributed by atoms with E-state index in [1.54, 1.807) is 13.8 Å². The predicted molar refractivity (Wildman–Crippen MR) is 61.7 cm³/mol. The smallest absolute Gasteiger partial charge is 0.416 e. The van der Waals surface area contributed by atoms with Crippen molar-refractivity contribution >= 4 is 11.5 Å². The number of hydrogen-bond acceptors (Lipinski definition) is 2. The minimum atomic E-state index is -4.39. The maximum atomic E-state index is 12.5. The molecule has 0 amide bonds. The molecule has 0 aliphatic rings. The maximum Gasteiger partial charge on any atom is 0.416 e. The molecule has 0 aliphatic carbocycles. The topological polar surface area (TPSA) is 26.3 Å². The van der Waals surface area contributed by atoms with Gasteiger partial charge in [0.25, 0.3) is 0 Å². The molecule has 0 unspecified atom stereocenters. The number of halogens is 3. The van der Waals surface area contributed by atoms with Gasteiger partial charge < -0.3 is 4.74 Å². The number of carbonyl (C=O) groups is 1. The molecule has 0 heterocycles. The Bertz CT molecular complexity index is 462. The quantitative estimate of drug-likeness (QED) is 0.610. The fraction of sp³-hybridized carbons (Fsp3) is 0.308. The maximum absolute atomic E-state index is 12.5. The highest BCUT2D eigenvalue weighted by Crippen LogP contribution is 2.30. The van der Waals surface area contributed by atoms with E-state index >= 15 is 0 Å². The summed E-state index contributed by atoms with van der Waals surface area (Å²) in [6.45, 7) is 3.45. The summed E-state index contributed by atoms with van der Waals surface area (Å²) in [7, 11) is 0. The zero-order valence-corrected chi connectivity index (χ0v) is 10.0. The van der Waals surface area contributed by atoms with Crippen LogP contribution >= 0.6 is 0 Å². The van der Waals surface area contributed by atoms with Crippen LogP contribution in [-0.4, -0.2) is 12.6 Å². The summed E-state index contributed by atoms with van der Waals surface area (Å²) in [5.74, 6) is -0.563. The molecule has 1 aromatic carbocycles. The number of benzene rings is 1. The Balaban J connectivity index is 3.00. The highest BCUT2D eigenvalue weighted by Gasteiger charge is 2.30. The lowest BCUT2D eigenvalue weighted by molar-refractivity contribution is -0.138. The number of carbonyl (C=O) groups excluding carboxylic acids is 1.